The molecular formula is C13H20N2O3. The van der Waals surface area contributed by atoms with Gasteiger partial charge in [0.05, 0.1) is 18.2 Å². The topological polar surface area (TPSA) is 95.6 Å². The molecule has 0 saturated carbocycles. The number of nitrogens with one attached hydrogen (secondary N) is 1. The van der Waals surface area contributed by atoms with Gasteiger partial charge in [-0.15, -0.1) is 0 Å². The number of amides is 1. The lowest BCUT2D eigenvalue weighted by Crippen LogP contribution is -2.52. The number of hydrogen-bond donors (Lipinski definition) is 4. The largest absolute Gasteiger partial charge is 0.508 e. The number of carbonyl (C=O) groups excluding carboxylic acids is 1. The van der Waals surface area contributed by atoms with E-state index in [-0.39, 0.29) is 18.3 Å². The van der Waals surface area contributed by atoms with Gasteiger partial charge in [-0.3, -0.25) is 4.79 Å². The van der Waals surface area contributed by atoms with Gasteiger partial charge in [-0.05, 0) is 38.0 Å². The molecule has 0 aromatic heterocycles. The molecule has 1 amide bonds. The Labute approximate surface area is 107 Å². The van der Waals surface area contributed by atoms with Gasteiger partial charge in [0, 0.05) is 0 Å². The maximum absolute atomic E-state index is 11.8. The number of benzene rings is 1. The SMILES string of the molecule is CC(C)(CO)NC(=O)C(N)Cc1ccc(O)cc1. The van der Waals surface area contributed by atoms with Crippen LogP contribution in [0.25, 0.3) is 0 Å². The van der Waals surface area contributed by atoms with E-state index in [1.165, 1.54) is 0 Å². The molecule has 0 bridgehead atoms. The first-order valence-electron chi connectivity index (χ1n) is 5.80. The van der Waals surface area contributed by atoms with Crippen molar-refractivity contribution in [2.45, 2.75) is 31.8 Å². The monoisotopic (exact) mass is 252 g/mol. The number of rotatable bonds is 5. The number of aliphatic hydroxyl groups excluding tert-OH is 1. The highest BCUT2D eigenvalue weighted by Crippen LogP contribution is 2.11. The summed E-state index contributed by atoms with van der Waals surface area (Å²) in [5, 5.41) is 20.9. The van der Waals surface area contributed by atoms with E-state index in [1.807, 2.05) is 0 Å². The average molecular weight is 252 g/mol. The fourth-order valence-electron chi connectivity index (χ4n) is 1.44. The molecule has 1 unspecified atom stereocenters. The summed E-state index contributed by atoms with van der Waals surface area (Å²) in [4.78, 5) is 11.8. The maximum Gasteiger partial charge on any atom is 0.237 e. The minimum atomic E-state index is -0.680. The van der Waals surface area contributed by atoms with Crippen LogP contribution in [0.4, 0.5) is 0 Å². The van der Waals surface area contributed by atoms with Gasteiger partial charge in [0.15, 0.2) is 0 Å². The third-order valence-corrected chi connectivity index (χ3v) is 2.59. The third kappa shape index (κ3) is 4.35. The minimum Gasteiger partial charge on any atom is -0.508 e. The zero-order chi connectivity index (χ0) is 13.8. The van der Waals surface area contributed by atoms with Crippen LogP contribution in [-0.4, -0.2) is 34.3 Å². The van der Waals surface area contributed by atoms with Crippen molar-refractivity contribution in [2.75, 3.05) is 6.61 Å². The van der Waals surface area contributed by atoms with Gasteiger partial charge in [-0.1, -0.05) is 12.1 Å². The number of phenols is 1. The highest BCUT2D eigenvalue weighted by Gasteiger charge is 2.23. The quantitative estimate of drug-likeness (QED) is 0.600. The van der Waals surface area contributed by atoms with Crippen molar-refractivity contribution >= 4 is 5.91 Å². The summed E-state index contributed by atoms with van der Waals surface area (Å²) in [6.07, 6.45) is 0.383. The van der Waals surface area contributed by atoms with Crippen LogP contribution in [0.2, 0.25) is 0 Å². The summed E-state index contributed by atoms with van der Waals surface area (Å²) in [5.74, 6) is -0.125. The molecule has 0 heterocycles. The van der Waals surface area contributed by atoms with Gasteiger partial charge in [-0.25, -0.2) is 0 Å². The van der Waals surface area contributed by atoms with Crippen molar-refractivity contribution in [1.82, 2.24) is 5.32 Å². The van der Waals surface area contributed by atoms with Crippen LogP contribution in [0.3, 0.4) is 0 Å². The minimum absolute atomic E-state index is 0.148. The van der Waals surface area contributed by atoms with Crippen molar-refractivity contribution in [3.8, 4) is 5.75 Å². The second-order valence-electron chi connectivity index (χ2n) is 5.01. The van der Waals surface area contributed by atoms with Crippen molar-refractivity contribution in [2.24, 2.45) is 5.73 Å². The Hall–Kier alpha value is -1.59. The van der Waals surface area contributed by atoms with E-state index < -0.39 is 11.6 Å². The zero-order valence-corrected chi connectivity index (χ0v) is 10.7. The molecule has 18 heavy (non-hydrogen) atoms. The van der Waals surface area contributed by atoms with E-state index in [0.29, 0.717) is 6.42 Å². The molecule has 0 radical (unpaired) electrons. The molecule has 0 saturated heterocycles. The Morgan fingerprint density at radius 2 is 1.94 bits per heavy atom. The molecule has 1 rings (SSSR count). The number of phenolic OH excluding ortho intramolecular Hbond substituents is 1. The van der Waals surface area contributed by atoms with Gasteiger partial charge >= 0.3 is 0 Å². The molecule has 100 valence electrons. The Morgan fingerprint density at radius 1 is 1.39 bits per heavy atom. The first kappa shape index (κ1) is 14.5. The summed E-state index contributed by atoms with van der Waals surface area (Å²) >= 11 is 0. The highest BCUT2D eigenvalue weighted by molar-refractivity contribution is 5.82. The lowest BCUT2D eigenvalue weighted by atomic mass is 10.0. The van der Waals surface area contributed by atoms with Crippen LogP contribution in [-0.2, 0) is 11.2 Å². The second-order valence-corrected chi connectivity index (χ2v) is 5.01. The van der Waals surface area contributed by atoms with E-state index in [1.54, 1.807) is 38.1 Å². The van der Waals surface area contributed by atoms with Crippen molar-refractivity contribution in [3.63, 3.8) is 0 Å². The standard InChI is InChI=1S/C13H20N2O3/c1-13(2,8-16)15-12(18)11(14)7-9-3-5-10(17)6-4-9/h3-6,11,16-17H,7-8,14H2,1-2H3,(H,15,18). The summed E-state index contributed by atoms with van der Waals surface area (Å²) in [6, 6.07) is 5.87. The second kappa shape index (κ2) is 5.84. The summed E-state index contributed by atoms with van der Waals surface area (Å²) < 4.78 is 0. The smallest absolute Gasteiger partial charge is 0.237 e. The molecule has 5 nitrogen and oxygen atoms in total. The molecule has 0 aliphatic heterocycles. The first-order chi connectivity index (χ1) is 8.34. The summed E-state index contributed by atoms with van der Waals surface area (Å²) in [5.41, 5.74) is 5.99. The molecular weight excluding hydrogens is 232 g/mol. The molecule has 0 spiro atoms. The Morgan fingerprint density at radius 3 is 2.44 bits per heavy atom. The Bertz CT molecular complexity index is 401. The van der Waals surface area contributed by atoms with Crippen molar-refractivity contribution < 1.29 is 15.0 Å². The Balaban J connectivity index is 2.57. The highest BCUT2D eigenvalue weighted by atomic mass is 16.3. The van der Waals surface area contributed by atoms with E-state index in [4.69, 9.17) is 15.9 Å². The van der Waals surface area contributed by atoms with Crippen LogP contribution in [0.15, 0.2) is 24.3 Å². The van der Waals surface area contributed by atoms with Crippen molar-refractivity contribution in [1.29, 1.82) is 0 Å². The van der Waals surface area contributed by atoms with Gasteiger partial charge < -0.3 is 21.3 Å². The average Bonchev–Trinajstić information content (AvgIpc) is 2.31. The van der Waals surface area contributed by atoms with Crippen LogP contribution >= 0.6 is 0 Å². The molecule has 0 aliphatic carbocycles. The summed E-state index contributed by atoms with van der Waals surface area (Å²) in [6.45, 7) is 3.29. The molecule has 0 fully saturated rings. The number of carbonyl (C=O) groups is 1. The molecule has 1 aromatic rings. The van der Waals surface area contributed by atoms with E-state index >= 15 is 0 Å². The van der Waals surface area contributed by atoms with E-state index in [2.05, 4.69) is 5.32 Å². The first-order valence-corrected chi connectivity index (χ1v) is 5.80. The molecule has 1 atom stereocenters. The normalized spacial score (nSPS) is 13.1. The van der Waals surface area contributed by atoms with Gasteiger partial charge in [0.1, 0.15) is 5.75 Å². The number of aliphatic hydroxyl groups is 1. The van der Waals surface area contributed by atoms with Crippen LogP contribution < -0.4 is 11.1 Å². The molecule has 5 heteroatoms. The predicted octanol–water partition coefficient (Wildman–Crippen LogP) is 0.149. The maximum atomic E-state index is 11.8. The third-order valence-electron chi connectivity index (χ3n) is 2.59. The number of nitrogens with two attached hydrogens (primary N) is 1. The van der Waals surface area contributed by atoms with Gasteiger partial charge in [0.2, 0.25) is 5.91 Å². The van der Waals surface area contributed by atoms with Gasteiger partial charge in [0.25, 0.3) is 0 Å². The van der Waals surface area contributed by atoms with Crippen molar-refractivity contribution in [3.05, 3.63) is 29.8 Å². The van der Waals surface area contributed by atoms with E-state index in [9.17, 15) is 4.79 Å². The molecule has 0 aliphatic rings. The number of hydrogen-bond acceptors (Lipinski definition) is 4. The van der Waals surface area contributed by atoms with Gasteiger partial charge in [-0.2, -0.15) is 0 Å². The lowest BCUT2D eigenvalue weighted by molar-refractivity contribution is -0.124. The predicted molar refractivity (Wildman–Crippen MR) is 69.1 cm³/mol. The van der Waals surface area contributed by atoms with Crippen LogP contribution in [0, 0.1) is 0 Å². The fourth-order valence-corrected chi connectivity index (χ4v) is 1.44. The van der Waals surface area contributed by atoms with Crippen LogP contribution in [0.5, 0.6) is 5.75 Å². The Kier molecular flexibility index (Phi) is 4.69. The lowest BCUT2D eigenvalue weighted by Gasteiger charge is -2.25. The zero-order valence-electron chi connectivity index (χ0n) is 10.7. The number of aromatic hydroxyl groups is 1. The molecule has 1 aromatic carbocycles. The fraction of sp³-hybridized carbons (Fsp3) is 0.462. The molecule has 5 N–H and O–H groups in total. The van der Waals surface area contributed by atoms with E-state index in [0.717, 1.165) is 5.56 Å². The summed E-state index contributed by atoms with van der Waals surface area (Å²) in [7, 11) is 0. The van der Waals surface area contributed by atoms with Crippen LogP contribution in [0.1, 0.15) is 19.4 Å².